The molecule has 0 radical (unpaired) electrons. The Hall–Kier alpha value is -4.19. The first kappa shape index (κ1) is 24.0. The molecule has 2 aromatic heterocycles. The lowest BCUT2D eigenvalue weighted by molar-refractivity contribution is 0.0962. The van der Waals surface area contributed by atoms with Crippen LogP contribution in [0, 0.1) is 11.7 Å². The number of halogens is 1. The van der Waals surface area contributed by atoms with Gasteiger partial charge in [0.2, 0.25) is 0 Å². The molecule has 1 aromatic carbocycles. The molecular formula is C23H24FN7O4. The number of carbonyl (C=O) groups is 2. The van der Waals surface area contributed by atoms with E-state index in [4.69, 9.17) is 9.84 Å². The Morgan fingerprint density at radius 2 is 2.11 bits per heavy atom. The molecule has 11 nitrogen and oxygen atoms in total. The number of anilines is 1. The number of nitrogens with one attached hydrogen (secondary N) is 2. The van der Waals surface area contributed by atoms with E-state index in [0.29, 0.717) is 22.8 Å². The van der Waals surface area contributed by atoms with E-state index in [1.807, 2.05) is 0 Å². The van der Waals surface area contributed by atoms with E-state index in [1.165, 1.54) is 35.4 Å². The van der Waals surface area contributed by atoms with Gasteiger partial charge in [-0.05, 0) is 43.8 Å². The summed E-state index contributed by atoms with van der Waals surface area (Å²) in [5, 5.41) is 22.0. The summed E-state index contributed by atoms with van der Waals surface area (Å²) in [5.74, 6) is -0.127. The maximum Gasteiger partial charge on any atom is 0.319 e. The minimum atomic E-state index is -0.687. The van der Waals surface area contributed by atoms with Gasteiger partial charge in [-0.1, -0.05) is 0 Å². The third-order valence-electron chi connectivity index (χ3n) is 5.18. The van der Waals surface area contributed by atoms with Gasteiger partial charge in [-0.25, -0.2) is 14.2 Å². The summed E-state index contributed by atoms with van der Waals surface area (Å²) in [6.07, 6.45) is 4.14. The van der Waals surface area contributed by atoms with Gasteiger partial charge in [0, 0.05) is 18.5 Å². The number of Topliss-reactive ketones (excluding diaryl/α,β-unsaturated/α-hetero) is 1. The second-order valence-corrected chi connectivity index (χ2v) is 7.86. The second kappa shape index (κ2) is 10.8. The third kappa shape index (κ3) is 6.03. The van der Waals surface area contributed by atoms with Crippen LogP contribution >= 0.6 is 0 Å². The molecule has 2 heterocycles. The Morgan fingerprint density at radius 3 is 2.77 bits per heavy atom. The molecule has 1 aliphatic carbocycles. The first-order valence-corrected chi connectivity index (χ1v) is 11.0. The van der Waals surface area contributed by atoms with Crippen LogP contribution < -0.4 is 15.4 Å². The summed E-state index contributed by atoms with van der Waals surface area (Å²) in [7, 11) is 0. The van der Waals surface area contributed by atoms with Crippen molar-refractivity contribution in [2.24, 2.45) is 10.9 Å². The number of carbonyl (C=O) groups excluding carboxylic acids is 2. The standard InChI is InChI=1S/C23H24FN7O4/c1-25-13-21(35-16-5-7-19(27-11-16)22(33)14-2-3-14)20-12-28-31(30-20)15-4-6-18(17(24)10-15)29-23(34)26-8-9-32/h4-7,10-12,14,21,32H,1-3,8-9,13H2,(H2,26,29,34)/t21-/m1/s1. The Kier molecular flexibility index (Phi) is 7.41. The smallest absolute Gasteiger partial charge is 0.319 e. The molecule has 35 heavy (non-hydrogen) atoms. The molecule has 0 aliphatic heterocycles. The molecule has 1 saturated carbocycles. The van der Waals surface area contributed by atoms with E-state index in [1.54, 1.807) is 12.1 Å². The van der Waals surface area contributed by atoms with Crippen molar-refractivity contribution in [1.82, 2.24) is 25.3 Å². The minimum absolute atomic E-state index is 0.0373. The lowest BCUT2D eigenvalue weighted by Gasteiger charge is -2.15. The number of nitrogens with zero attached hydrogens (tertiary/aromatic N) is 5. The van der Waals surface area contributed by atoms with Crippen LogP contribution in [-0.2, 0) is 0 Å². The summed E-state index contributed by atoms with van der Waals surface area (Å²) in [4.78, 5) is 33.1. The zero-order chi connectivity index (χ0) is 24.8. The van der Waals surface area contributed by atoms with E-state index in [9.17, 15) is 14.0 Å². The van der Waals surface area contributed by atoms with Gasteiger partial charge in [-0.3, -0.25) is 9.79 Å². The van der Waals surface area contributed by atoms with Gasteiger partial charge in [0.1, 0.15) is 23.0 Å². The summed E-state index contributed by atoms with van der Waals surface area (Å²) in [5.41, 5.74) is 1.13. The quantitative estimate of drug-likeness (QED) is 0.282. The molecule has 182 valence electrons. The van der Waals surface area contributed by atoms with Crippen molar-refractivity contribution < 1.29 is 23.8 Å². The number of aliphatic hydroxyl groups is 1. The average molecular weight is 481 g/mol. The molecule has 3 N–H and O–H groups in total. The number of hydrogen-bond donors (Lipinski definition) is 3. The molecule has 2 amide bonds. The molecule has 0 bridgehead atoms. The van der Waals surface area contributed by atoms with E-state index in [2.05, 4.69) is 37.5 Å². The van der Waals surface area contributed by atoms with E-state index < -0.39 is 18.0 Å². The van der Waals surface area contributed by atoms with Gasteiger partial charge in [-0.15, -0.1) is 5.10 Å². The molecule has 3 aromatic rings. The predicted octanol–water partition coefficient (Wildman–Crippen LogP) is 2.33. The fourth-order valence-corrected chi connectivity index (χ4v) is 3.24. The van der Waals surface area contributed by atoms with Crippen LogP contribution in [0.25, 0.3) is 5.69 Å². The minimum Gasteiger partial charge on any atom is -0.480 e. The van der Waals surface area contributed by atoms with Gasteiger partial charge < -0.3 is 20.5 Å². The number of ketones is 1. The van der Waals surface area contributed by atoms with Crippen LogP contribution in [0.4, 0.5) is 14.9 Å². The van der Waals surface area contributed by atoms with Gasteiger partial charge in [0.05, 0.1) is 36.9 Å². The topological polar surface area (TPSA) is 144 Å². The second-order valence-electron chi connectivity index (χ2n) is 7.86. The molecule has 4 rings (SSSR count). The number of amides is 2. The largest absolute Gasteiger partial charge is 0.480 e. The van der Waals surface area contributed by atoms with Gasteiger partial charge in [0.15, 0.2) is 11.9 Å². The number of benzene rings is 1. The fourth-order valence-electron chi connectivity index (χ4n) is 3.24. The van der Waals surface area contributed by atoms with E-state index in [-0.39, 0.29) is 37.1 Å². The van der Waals surface area contributed by atoms with Crippen LogP contribution in [0.3, 0.4) is 0 Å². The number of aromatic nitrogens is 4. The number of pyridine rings is 1. The third-order valence-corrected chi connectivity index (χ3v) is 5.18. The molecular weight excluding hydrogens is 457 g/mol. The highest BCUT2D eigenvalue weighted by Crippen LogP contribution is 2.32. The highest BCUT2D eigenvalue weighted by Gasteiger charge is 2.31. The number of ether oxygens (including phenoxy) is 1. The van der Waals surface area contributed by atoms with Crippen molar-refractivity contribution in [1.29, 1.82) is 0 Å². The number of hydrogen-bond acceptors (Lipinski definition) is 8. The molecule has 0 unspecified atom stereocenters. The molecule has 1 aliphatic rings. The number of rotatable bonds is 11. The van der Waals surface area contributed by atoms with Crippen molar-refractivity contribution in [3.8, 4) is 11.4 Å². The van der Waals surface area contributed by atoms with Crippen LogP contribution in [0.1, 0.15) is 35.1 Å². The van der Waals surface area contributed by atoms with Crippen LogP contribution in [0.15, 0.2) is 47.7 Å². The van der Waals surface area contributed by atoms with E-state index >= 15 is 0 Å². The zero-order valence-corrected chi connectivity index (χ0v) is 18.7. The molecule has 0 spiro atoms. The van der Waals surface area contributed by atoms with Gasteiger partial charge >= 0.3 is 6.03 Å². The summed E-state index contributed by atoms with van der Waals surface area (Å²) >= 11 is 0. The van der Waals surface area contributed by atoms with Crippen molar-refractivity contribution in [3.05, 3.63) is 59.9 Å². The molecule has 1 fully saturated rings. The van der Waals surface area contributed by atoms with Crippen molar-refractivity contribution in [3.63, 3.8) is 0 Å². The Balaban J connectivity index is 1.45. The first-order valence-electron chi connectivity index (χ1n) is 11.0. The first-order chi connectivity index (χ1) is 17.0. The van der Waals surface area contributed by atoms with Gasteiger partial charge in [-0.2, -0.15) is 9.90 Å². The number of aliphatic imine (C=N–C) groups is 1. The monoisotopic (exact) mass is 481 g/mol. The fraction of sp³-hybridized carbons (Fsp3) is 0.304. The average Bonchev–Trinajstić information content (AvgIpc) is 3.60. The summed E-state index contributed by atoms with van der Waals surface area (Å²) in [6, 6.07) is 6.75. The molecule has 0 saturated heterocycles. The van der Waals surface area contributed by atoms with Crippen molar-refractivity contribution in [2.45, 2.75) is 18.9 Å². The summed E-state index contributed by atoms with van der Waals surface area (Å²) < 4.78 is 20.4. The van der Waals surface area contributed by atoms with Crippen LogP contribution in [0.2, 0.25) is 0 Å². The lowest BCUT2D eigenvalue weighted by Crippen LogP contribution is -2.31. The van der Waals surface area contributed by atoms with Crippen molar-refractivity contribution in [2.75, 3.05) is 25.0 Å². The number of urea groups is 1. The molecule has 12 heteroatoms. The van der Waals surface area contributed by atoms with Gasteiger partial charge in [0.25, 0.3) is 0 Å². The Bertz CT molecular complexity index is 1210. The Morgan fingerprint density at radius 1 is 1.29 bits per heavy atom. The summed E-state index contributed by atoms with van der Waals surface area (Å²) in [6.45, 7) is 3.52. The maximum atomic E-state index is 14.5. The highest BCUT2D eigenvalue weighted by molar-refractivity contribution is 5.97. The van der Waals surface area contributed by atoms with E-state index in [0.717, 1.165) is 12.8 Å². The van der Waals surface area contributed by atoms with Crippen LogP contribution in [0.5, 0.6) is 5.75 Å². The van der Waals surface area contributed by atoms with Crippen molar-refractivity contribution >= 4 is 24.2 Å². The molecule has 1 atom stereocenters. The number of aliphatic hydroxyl groups excluding tert-OH is 1. The Labute approximate surface area is 200 Å². The maximum absolute atomic E-state index is 14.5. The zero-order valence-electron chi connectivity index (χ0n) is 18.7. The highest BCUT2D eigenvalue weighted by atomic mass is 19.1. The predicted molar refractivity (Wildman–Crippen MR) is 125 cm³/mol. The lowest BCUT2D eigenvalue weighted by atomic mass is 10.2. The normalized spacial score (nSPS) is 13.7. The SMILES string of the molecule is C=NC[C@@H](Oc1ccc(C(=O)C2CC2)nc1)c1cnn(-c2ccc(NC(=O)NCCO)c(F)c2)n1. The van der Waals surface area contributed by atoms with Crippen LogP contribution in [-0.4, -0.2) is 63.3 Å².